The van der Waals surface area contributed by atoms with Gasteiger partial charge in [-0.25, -0.2) is 0 Å². The van der Waals surface area contributed by atoms with Crippen LogP contribution < -0.4 is 0 Å². The van der Waals surface area contributed by atoms with Gasteiger partial charge < -0.3 is 0 Å². The average Bonchev–Trinajstić information content (AvgIpc) is 2.12. The summed E-state index contributed by atoms with van der Waals surface area (Å²) < 4.78 is 0. The second kappa shape index (κ2) is 3.64. The molecule has 0 bridgehead atoms. The molecule has 0 saturated heterocycles. The Bertz CT molecular complexity index is 367. The highest BCUT2D eigenvalue weighted by Crippen LogP contribution is 2.36. The number of benzene rings is 1. The fourth-order valence-corrected chi connectivity index (χ4v) is 3.22. The lowest BCUT2D eigenvalue weighted by molar-refractivity contribution is 0.0992. The van der Waals surface area contributed by atoms with E-state index in [0.717, 1.165) is 10.6 Å². The predicted molar refractivity (Wildman–Crippen MR) is 59.2 cm³/mol. The lowest BCUT2D eigenvalue weighted by Gasteiger charge is -2.18. The van der Waals surface area contributed by atoms with Crippen LogP contribution in [0.1, 0.15) is 10.4 Å². The van der Waals surface area contributed by atoms with Gasteiger partial charge in [-0.2, -0.15) is 0 Å². The van der Waals surface area contributed by atoms with E-state index in [4.69, 9.17) is 11.6 Å². The van der Waals surface area contributed by atoms with E-state index in [2.05, 4.69) is 15.9 Å². The van der Waals surface area contributed by atoms with E-state index in [0.29, 0.717) is 10.6 Å². The fourth-order valence-electron chi connectivity index (χ4n) is 1.26. The number of carbonyl (C=O) groups excluding carboxylic acids is 1. The van der Waals surface area contributed by atoms with Crippen LogP contribution in [0, 0.1) is 0 Å². The van der Waals surface area contributed by atoms with Crippen LogP contribution in [0.3, 0.4) is 0 Å². The van der Waals surface area contributed by atoms with Crippen molar-refractivity contribution in [3.63, 3.8) is 0 Å². The zero-order valence-electron chi connectivity index (χ0n) is 6.59. The zero-order chi connectivity index (χ0) is 9.42. The van der Waals surface area contributed by atoms with Crippen LogP contribution in [0.4, 0.5) is 0 Å². The Morgan fingerprint density at radius 2 is 2.31 bits per heavy atom. The predicted octanol–water partition coefficient (Wildman–Crippen LogP) is 3.39. The minimum Gasteiger partial charge on any atom is -0.293 e. The van der Waals surface area contributed by atoms with Gasteiger partial charge in [-0.15, -0.1) is 11.8 Å². The number of hydrogen-bond donors (Lipinski definition) is 0. The topological polar surface area (TPSA) is 17.1 Å². The van der Waals surface area contributed by atoms with Crippen LogP contribution >= 0.6 is 39.3 Å². The zero-order valence-corrected chi connectivity index (χ0v) is 9.75. The van der Waals surface area contributed by atoms with Gasteiger partial charge in [0.2, 0.25) is 0 Å². The Morgan fingerprint density at radius 1 is 1.54 bits per heavy atom. The third-order valence-electron chi connectivity index (χ3n) is 1.89. The summed E-state index contributed by atoms with van der Waals surface area (Å²) in [5.41, 5.74) is 0.669. The van der Waals surface area contributed by atoms with Crippen LogP contribution in [-0.2, 0) is 0 Å². The SMILES string of the molecule is O=C1c2c(Cl)cccc2SCC1Br. The van der Waals surface area contributed by atoms with E-state index in [9.17, 15) is 4.79 Å². The van der Waals surface area contributed by atoms with Gasteiger partial charge in [-0.05, 0) is 12.1 Å². The number of halogens is 2. The molecule has 1 aromatic carbocycles. The molecule has 1 aromatic rings. The molecule has 1 heterocycles. The van der Waals surface area contributed by atoms with E-state index in [1.807, 2.05) is 12.1 Å². The molecule has 68 valence electrons. The summed E-state index contributed by atoms with van der Waals surface area (Å²) in [5, 5.41) is 0.555. The second-order valence-electron chi connectivity index (χ2n) is 2.76. The molecule has 0 saturated carbocycles. The summed E-state index contributed by atoms with van der Waals surface area (Å²) in [7, 11) is 0. The van der Waals surface area contributed by atoms with Crippen molar-refractivity contribution in [1.82, 2.24) is 0 Å². The van der Waals surface area contributed by atoms with Crippen molar-refractivity contribution in [3.8, 4) is 0 Å². The fraction of sp³-hybridized carbons (Fsp3) is 0.222. The first-order valence-electron chi connectivity index (χ1n) is 3.80. The van der Waals surface area contributed by atoms with Crippen LogP contribution in [0.5, 0.6) is 0 Å². The maximum atomic E-state index is 11.7. The first-order valence-corrected chi connectivity index (χ1v) is 6.07. The first-order chi connectivity index (χ1) is 6.20. The highest BCUT2D eigenvalue weighted by molar-refractivity contribution is 9.10. The van der Waals surface area contributed by atoms with Gasteiger partial charge in [0, 0.05) is 10.6 Å². The molecule has 1 aliphatic heterocycles. The lowest BCUT2D eigenvalue weighted by atomic mass is 10.1. The normalized spacial score (nSPS) is 21.4. The summed E-state index contributed by atoms with van der Waals surface area (Å²) in [6.45, 7) is 0. The molecule has 0 aliphatic carbocycles. The van der Waals surface area contributed by atoms with Gasteiger partial charge in [-0.3, -0.25) is 4.79 Å². The van der Waals surface area contributed by atoms with Gasteiger partial charge in [0.05, 0.1) is 15.4 Å². The van der Waals surface area contributed by atoms with Gasteiger partial charge in [0.1, 0.15) is 0 Å². The molecule has 0 radical (unpaired) electrons. The van der Waals surface area contributed by atoms with E-state index in [1.54, 1.807) is 17.8 Å². The highest BCUT2D eigenvalue weighted by Gasteiger charge is 2.27. The highest BCUT2D eigenvalue weighted by atomic mass is 79.9. The molecule has 0 N–H and O–H groups in total. The largest absolute Gasteiger partial charge is 0.293 e. The molecular formula is C9H6BrClOS. The maximum Gasteiger partial charge on any atom is 0.179 e. The van der Waals surface area contributed by atoms with Crippen molar-refractivity contribution >= 4 is 45.1 Å². The number of thioether (sulfide) groups is 1. The lowest BCUT2D eigenvalue weighted by Crippen LogP contribution is -2.22. The van der Waals surface area contributed by atoms with Crippen LogP contribution in [-0.4, -0.2) is 16.4 Å². The van der Waals surface area contributed by atoms with Crippen LogP contribution in [0.15, 0.2) is 23.1 Å². The first kappa shape index (κ1) is 9.56. The van der Waals surface area contributed by atoms with Gasteiger partial charge >= 0.3 is 0 Å². The standard InChI is InChI=1S/C9H6BrClOS/c10-5-4-13-7-3-1-2-6(11)8(7)9(5)12/h1-3,5H,4H2. The Balaban J connectivity index is 2.57. The molecule has 4 heteroatoms. The smallest absolute Gasteiger partial charge is 0.179 e. The van der Waals surface area contributed by atoms with Gasteiger partial charge in [0.15, 0.2) is 5.78 Å². The Kier molecular flexibility index (Phi) is 2.67. The van der Waals surface area contributed by atoms with E-state index in [1.165, 1.54) is 0 Å². The summed E-state index contributed by atoms with van der Waals surface area (Å²) in [6.07, 6.45) is 0. The number of hydrogen-bond acceptors (Lipinski definition) is 2. The molecule has 0 fully saturated rings. The van der Waals surface area contributed by atoms with E-state index >= 15 is 0 Å². The van der Waals surface area contributed by atoms with E-state index in [-0.39, 0.29) is 10.6 Å². The Labute approximate surface area is 94.0 Å². The number of Topliss-reactive ketones (excluding diaryl/α,β-unsaturated/α-hetero) is 1. The summed E-state index contributed by atoms with van der Waals surface area (Å²) in [6, 6.07) is 5.56. The molecular weight excluding hydrogens is 272 g/mol. The maximum absolute atomic E-state index is 11.7. The Morgan fingerprint density at radius 3 is 3.08 bits per heavy atom. The van der Waals surface area contributed by atoms with Gasteiger partial charge in [0.25, 0.3) is 0 Å². The summed E-state index contributed by atoms with van der Waals surface area (Å²) in [4.78, 5) is 12.6. The van der Waals surface area contributed by atoms with Crippen molar-refractivity contribution in [2.75, 3.05) is 5.75 Å². The minimum absolute atomic E-state index is 0.0927. The molecule has 0 spiro atoms. The summed E-state index contributed by atoms with van der Waals surface area (Å²) in [5.74, 6) is 0.881. The molecule has 0 amide bonds. The number of fused-ring (bicyclic) bond motifs is 1. The quantitative estimate of drug-likeness (QED) is 0.676. The van der Waals surface area contributed by atoms with Crippen molar-refractivity contribution < 1.29 is 4.79 Å². The minimum atomic E-state index is -0.0927. The average molecular weight is 278 g/mol. The van der Waals surface area contributed by atoms with E-state index < -0.39 is 0 Å². The van der Waals surface area contributed by atoms with Gasteiger partial charge in [-0.1, -0.05) is 33.6 Å². The molecule has 13 heavy (non-hydrogen) atoms. The van der Waals surface area contributed by atoms with Crippen molar-refractivity contribution in [2.45, 2.75) is 9.72 Å². The molecule has 1 nitrogen and oxygen atoms in total. The van der Waals surface area contributed by atoms with Crippen LogP contribution in [0.25, 0.3) is 0 Å². The molecule has 1 aliphatic rings. The number of alkyl halides is 1. The monoisotopic (exact) mass is 276 g/mol. The second-order valence-corrected chi connectivity index (χ2v) is 5.33. The number of ketones is 1. The molecule has 0 aromatic heterocycles. The third kappa shape index (κ3) is 1.65. The van der Waals surface area contributed by atoms with Crippen molar-refractivity contribution in [2.24, 2.45) is 0 Å². The molecule has 1 unspecified atom stereocenters. The Hall–Kier alpha value is 0.01000. The molecule has 1 atom stereocenters. The van der Waals surface area contributed by atoms with Crippen molar-refractivity contribution in [1.29, 1.82) is 0 Å². The summed E-state index contributed by atoms with van der Waals surface area (Å²) >= 11 is 10.9. The number of rotatable bonds is 0. The number of carbonyl (C=O) groups is 1. The molecule has 2 rings (SSSR count). The van der Waals surface area contributed by atoms with Crippen LogP contribution in [0.2, 0.25) is 5.02 Å². The van der Waals surface area contributed by atoms with Crippen molar-refractivity contribution in [3.05, 3.63) is 28.8 Å². The third-order valence-corrected chi connectivity index (χ3v) is 4.53.